The second-order valence-corrected chi connectivity index (χ2v) is 8.88. The van der Waals surface area contributed by atoms with Gasteiger partial charge in [-0.3, -0.25) is 9.69 Å². The number of morpholine rings is 1. The lowest BCUT2D eigenvalue weighted by Crippen LogP contribution is -2.38. The van der Waals surface area contributed by atoms with E-state index in [1.807, 2.05) is 42.5 Å². The number of nitrogens with one attached hydrogen (secondary N) is 2. The van der Waals surface area contributed by atoms with Gasteiger partial charge < -0.3 is 19.8 Å². The number of fused-ring (bicyclic) bond motifs is 1. The summed E-state index contributed by atoms with van der Waals surface area (Å²) in [6.07, 6.45) is 0.902. The van der Waals surface area contributed by atoms with Crippen LogP contribution in [0.15, 0.2) is 52.3 Å². The molecule has 0 atom stereocenters. The molecule has 1 fully saturated rings. The van der Waals surface area contributed by atoms with Gasteiger partial charge in [-0.05, 0) is 49.4 Å². The van der Waals surface area contributed by atoms with Gasteiger partial charge in [-0.2, -0.15) is 0 Å². The van der Waals surface area contributed by atoms with Crippen molar-refractivity contribution in [3.8, 4) is 5.75 Å². The van der Waals surface area contributed by atoms with Crippen LogP contribution in [0.25, 0.3) is 10.9 Å². The molecular formula is C23H26ClN3O3S. The largest absolute Gasteiger partial charge is 0.497 e. The van der Waals surface area contributed by atoms with E-state index in [-0.39, 0.29) is 5.91 Å². The molecule has 2 aromatic carbocycles. The number of carbonyl (C=O) groups excluding carboxylic acids is 1. The zero-order chi connectivity index (χ0) is 21.6. The number of benzene rings is 2. The number of H-pyrrole nitrogens is 1. The van der Waals surface area contributed by atoms with Crippen LogP contribution < -0.4 is 10.1 Å². The van der Waals surface area contributed by atoms with Crippen LogP contribution in [-0.2, 0) is 4.74 Å². The second kappa shape index (κ2) is 10.4. The summed E-state index contributed by atoms with van der Waals surface area (Å²) in [6, 6.07) is 13.4. The molecule has 8 heteroatoms. The quantitative estimate of drug-likeness (QED) is 0.488. The SMILES string of the molecule is COc1ccc2c(Sc3ccc(Cl)cc3)c(C(=O)NCCCN3CCOCC3)[nH]c2c1. The predicted octanol–water partition coefficient (Wildman–Crippen LogP) is 4.43. The molecule has 2 heterocycles. The van der Waals surface area contributed by atoms with Gasteiger partial charge in [0, 0.05) is 41.0 Å². The number of ether oxygens (including phenoxy) is 2. The van der Waals surface area contributed by atoms with Gasteiger partial charge in [-0.15, -0.1) is 0 Å². The van der Waals surface area contributed by atoms with Gasteiger partial charge in [-0.25, -0.2) is 0 Å². The maximum Gasteiger partial charge on any atom is 0.268 e. The van der Waals surface area contributed by atoms with Gasteiger partial charge in [0.1, 0.15) is 11.4 Å². The maximum absolute atomic E-state index is 13.0. The second-order valence-electron chi connectivity index (χ2n) is 7.36. The van der Waals surface area contributed by atoms with Crippen LogP contribution in [0.3, 0.4) is 0 Å². The van der Waals surface area contributed by atoms with Gasteiger partial charge >= 0.3 is 0 Å². The maximum atomic E-state index is 13.0. The fourth-order valence-electron chi connectivity index (χ4n) is 3.58. The number of halogens is 1. The minimum Gasteiger partial charge on any atom is -0.497 e. The van der Waals surface area contributed by atoms with Crippen LogP contribution in [0.5, 0.6) is 5.75 Å². The minimum absolute atomic E-state index is 0.103. The third-order valence-electron chi connectivity index (χ3n) is 5.26. The highest BCUT2D eigenvalue weighted by molar-refractivity contribution is 7.99. The van der Waals surface area contributed by atoms with Gasteiger partial charge in [0.05, 0.1) is 30.7 Å². The monoisotopic (exact) mass is 459 g/mol. The van der Waals surface area contributed by atoms with Crippen molar-refractivity contribution < 1.29 is 14.3 Å². The lowest BCUT2D eigenvalue weighted by atomic mass is 10.2. The van der Waals surface area contributed by atoms with Crippen molar-refractivity contribution in [3.63, 3.8) is 0 Å². The lowest BCUT2D eigenvalue weighted by molar-refractivity contribution is 0.0374. The molecule has 1 aromatic heterocycles. The first kappa shape index (κ1) is 22.0. The van der Waals surface area contributed by atoms with Crippen molar-refractivity contribution in [3.05, 3.63) is 53.2 Å². The highest BCUT2D eigenvalue weighted by Crippen LogP contribution is 2.38. The summed E-state index contributed by atoms with van der Waals surface area (Å²) in [5.74, 6) is 0.642. The number of hydrogen-bond acceptors (Lipinski definition) is 5. The summed E-state index contributed by atoms with van der Waals surface area (Å²) in [5.41, 5.74) is 1.43. The molecule has 0 saturated carbocycles. The summed E-state index contributed by atoms with van der Waals surface area (Å²) in [6.45, 7) is 5.07. The number of nitrogens with zero attached hydrogens (tertiary/aromatic N) is 1. The van der Waals surface area contributed by atoms with Crippen molar-refractivity contribution in [2.45, 2.75) is 16.2 Å². The molecule has 1 aliphatic rings. The van der Waals surface area contributed by atoms with E-state index in [1.54, 1.807) is 18.9 Å². The van der Waals surface area contributed by atoms with E-state index in [0.717, 1.165) is 65.7 Å². The standard InChI is InChI=1S/C23H26ClN3O3S/c1-29-17-5-8-19-20(15-17)26-21(22(19)31-18-6-3-16(24)4-7-18)23(28)25-9-2-10-27-11-13-30-14-12-27/h3-8,15,26H,2,9-14H2,1H3,(H,25,28). The van der Waals surface area contributed by atoms with Crippen molar-refractivity contribution in [2.24, 2.45) is 0 Å². The number of methoxy groups -OCH3 is 1. The number of carbonyl (C=O) groups is 1. The van der Waals surface area contributed by atoms with E-state index in [1.165, 1.54) is 0 Å². The van der Waals surface area contributed by atoms with E-state index < -0.39 is 0 Å². The van der Waals surface area contributed by atoms with Crippen LogP contribution in [0, 0.1) is 0 Å². The highest BCUT2D eigenvalue weighted by Gasteiger charge is 2.19. The van der Waals surface area contributed by atoms with Gasteiger partial charge in [0.15, 0.2) is 0 Å². The van der Waals surface area contributed by atoms with Crippen LogP contribution in [0.4, 0.5) is 0 Å². The van der Waals surface area contributed by atoms with Crippen molar-refractivity contribution in [2.75, 3.05) is 46.5 Å². The molecular weight excluding hydrogens is 434 g/mol. The van der Waals surface area contributed by atoms with E-state index in [4.69, 9.17) is 21.1 Å². The summed E-state index contributed by atoms with van der Waals surface area (Å²) < 4.78 is 10.7. The molecule has 4 rings (SSSR count). The van der Waals surface area contributed by atoms with Crippen molar-refractivity contribution >= 4 is 40.2 Å². The fourth-order valence-corrected chi connectivity index (χ4v) is 4.75. The topological polar surface area (TPSA) is 66.6 Å². The van der Waals surface area contributed by atoms with Gasteiger partial charge in [-0.1, -0.05) is 23.4 Å². The first-order chi connectivity index (χ1) is 15.1. The van der Waals surface area contributed by atoms with E-state index in [9.17, 15) is 4.79 Å². The smallest absolute Gasteiger partial charge is 0.268 e. The molecule has 1 saturated heterocycles. The number of rotatable bonds is 8. The molecule has 2 N–H and O–H groups in total. The summed E-state index contributed by atoms with van der Waals surface area (Å²) >= 11 is 7.58. The normalized spacial score (nSPS) is 14.6. The number of aromatic nitrogens is 1. The molecule has 164 valence electrons. The Labute approximate surface area is 191 Å². The molecule has 31 heavy (non-hydrogen) atoms. The van der Waals surface area contributed by atoms with Gasteiger partial charge in [0.25, 0.3) is 5.91 Å². The molecule has 6 nitrogen and oxygen atoms in total. The third kappa shape index (κ3) is 5.54. The minimum atomic E-state index is -0.103. The molecule has 1 aliphatic heterocycles. The molecule has 0 unspecified atom stereocenters. The Morgan fingerprint density at radius 2 is 2.00 bits per heavy atom. The van der Waals surface area contributed by atoms with Crippen LogP contribution in [-0.4, -0.2) is 62.3 Å². The van der Waals surface area contributed by atoms with E-state index in [2.05, 4.69) is 15.2 Å². The molecule has 3 aromatic rings. The Bertz CT molecular complexity index is 1030. The highest BCUT2D eigenvalue weighted by atomic mass is 35.5. The lowest BCUT2D eigenvalue weighted by Gasteiger charge is -2.26. The average molecular weight is 460 g/mol. The molecule has 1 amide bonds. The Morgan fingerprint density at radius 1 is 1.23 bits per heavy atom. The Morgan fingerprint density at radius 3 is 2.74 bits per heavy atom. The molecule has 0 bridgehead atoms. The molecule has 0 aliphatic carbocycles. The van der Waals surface area contributed by atoms with Crippen molar-refractivity contribution in [1.29, 1.82) is 0 Å². The zero-order valence-electron chi connectivity index (χ0n) is 17.4. The predicted molar refractivity (Wildman–Crippen MR) is 125 cm³/mol. The molecule has 0 radical (unpaired) electrons. The summed E-state index contributed by atoms with van der Waals surface area (Å²) in [7, 11) is 1.63. The Balaban J connectivity index is 1.50. The van der Waals surface area contributed by atoms with E-state index >= 15 is 0 Å². The number of aromatic amines is 1. The van der Waals surface area contributed by atoms with E-state index in [0.29, 0.717) is 17.3 Å². The Kier molecular flexibility index (Phi) is 7.40. The van der Waals surface area contributed by atoms with Crippen molar-refractivity contribution in [1.82, 2.24) is 15.2 Å². The number of hydrogen-bond donors (Lipinski definition) is 2. The van der Waals surface area contributed by atoms with Gasteiger partial charge in [0.2, 0.25) is 0 Å². The zero-order valence-corrected chi connectivity index (χ0v) is 19.0. The Hall–Kier alpha value is -2.19. The third-order valence-corrected chi connectivity index (χ3v) is 6.65. The summed E-state index contributed by atoms with van der Waals surface area (Å²) in [4.78, 5) is 20.6. The number of amides is 1. The fraction of sp³-hybridized carbons (Fsp3) is 0.348. The first-order valence-electron chi connectivity index (χ1n) is 10.4. The molecule has 0 spiro atoms. The van der Waals surface area contributed by atoms with Crippen LogP contribution in [0.2, 0.25) is 5.02 Å². The average Bonchev–Trinajstić information content (AvgIpc) is 3.16. The van der Waals surface area contributed by atoms with Crippen LogP contribution >= 0.6 is 23.4 Å². The summed E-state index contributed by atoms with van der Waals surface area (Å²) in [5, 5.41) is 4.74. The first-order valence-corrected chi connectivity index (χ1v) is 11.5. The van der Waals surface area contributed by atoms with Crippen LogP contribution in [0.1, 0.15) is 16.9 Å².